The molecule has 18 heavy (non-hydrogen) atoms. The number of hydrogen-bond acceptors (Lipinski definition) is 3. The number of likely N-dealkylation sites (tertiary alicyclic amines) is 1. The van der Waals surface area contributed by atoms with E-state index < -0.39 is 5.82 Å². The zero-order valence-corrected chi connectivity index (χ0v) is 10.1. The Labute approximate surface area is 105 Å². The number of nitrogen functional groups attached to an aromatic ring is 1. The summed E-state index contributed by atoms with van der Waals surface area (Å²) < 4.78 is 13.3. The Kier molecular flexibility index (Phi) is 3.32. The van der Waals surface area contributed by atoms with Crippen LogP contribution in [0.1, 0.15) is 25.3 Å². The average molecular weight is 250 g/mol. The quantitative estimate of drug-likeness (QED) is 0.641. The smallest absolute Gasteiger partial charge is 0.229 e. The molecule has 1 aromatic carbocycles. The standard InChI is InChI=1S/C13H15FN2O2/c1-8-4-12(17)16(13(18)5-8)7-9-2-3-11(15)10(14)6-9/h2-3,6,8H,4-5,7,15H2,1H3. The zero-order chi connectivity index (χ0) is 13.3. The van der Waals surface area contributed by atoms with Crippen molar-refractivity contribution in [1.29, 1.82) is 0 Å². The van der Waals surface area contributed by atoms with Crippen LogP contribution in [0.25, 0.3) is 0 Å². The monoisotopic (exact) mass is 250 g/mol. The van der Waals surface area contributed by atoms with Gasteiger partial charge in [-0.05, 0) is 23.6 Å². The third-order valence-electron chi connectivity index (χ3n) is 3.05. The van der Waals surface area contributed by atoms with Crippen molar-refractivity contribution in [3.63, 3.8) is 0 Å². The molecule has 0 radical (unpaired) electrons. The van der Waals surface area contributed by atoms with E-state index in [-0.39, 0.29) is 30.0 Å². The van der Waals surface area contributed by atoms with Crippen molar-refractivity contribution in [1.82, 2.24) is 4.90 Å². The van der Waals surface area contributed by atoms with Crippen LogP contribution >= 0.6 is 0 Å². The van der Waals surface area contributed by atoms with E-state index in [2.05, 4.69) is 0 Å². The third kappa shape index (κ3) is 2.50. The van der Waals surface area contributed by atoms with Crippen LogP contribution in [-0.4, -0.2) is 16.7 Å². The molecule has 0 bridgehead atoms. The molecule has 0 atom stereocenters. The fraction of sp³-hybridized carbons (Fsp3) is 0.385. The average Bonchev–Trinajstić information content (AvgIpc) is 2.28. The lowest BCUT2D eigenvalue weighted by Gasteiger charge is -2.28. The summed E-state index contributed by atoms with van der Waals surface area (Å²) in [5, 5.41) is 0. The molecular weight excluding hydrogens is 235 g/mol. The third-order valence-corrected chi connectivity index (χ3v) is 3.05. The molecule has 2 amide bonds. The van der Waals surface area contributed by atoms with E-state index in [9.17, 15) is 14.0 Å². The lowest BCUT2D eigenvalue weighted by Crippen LogP contribution is -2.42. The second-order valence-electron chi connectivity index (χ2n) is 4.74. The van der Waals surface area contributed by atoms with Crippen LogP contribution in [0.5, 0.6) is 0 Å². The summed E-state index contributed by atoms with van der Waals surface area (Å²) in [6.45, 7) is 1.98. The maximum atomic E-state index is 13.3. The van der Waals surface area contributed by atoms with E-state index in [1.165, 1.54) is 17.0 Å². The number of hydrogen-bond donors (Lipinski definition) is 1. The molecule has 96 valence electrons. The first-order valence-corrected chi connectivity index (χ1v) is 5.84. The number of imide groups is 1. The van der Waals surface area contributed by atoms with Crippen molar-refractivity contribution in [2.45, 2.75) is 26.3 Å². The van der Waals surface area contributed by atoms with Crippen LogP contribution in [0.15, 0.2) is 18.2 Å². The SMILES string of the molecule is CC1CC(=O)N(Cc2ccc(N)c(F)c2)C(=O)C1. The number of nitrogens with zero attached hydrogens (tertiary/aromatic N) is 1. The molecular formula is C13H15FN2O2. The maximum absolute atomic E-state index is 13.3. The molecule has 1 aliphatic rings. The van der Waals surface area contributed by atoms with E-state index in [0.29, 0.717) is 18.4 Å². The van der Waals surface area contributed by atoms with Gasteiger partial charge in [0, 0.05) is 12.8 Å². The molecule has 5 heteroatoms. The molecule has 0 aromatic heterocycles. The summed E-state index contributed by atoms with van der Waals surface area (Å²) in [6.07, 6.45) is 0.729. The zero-order valence-electron chi connectivity index (χ0n) is 10.1. The van der Waals surface area contributed by atoms with E-state index in [0.717, 1.165) is 0 Å². The molecule has 0 unspecified atom stereocenters. The highest BCUT2D eigenvalue weighted by molar-refractivity contribution is 5.97. The predicted molar refractivity (Wildman–Crippen MR) is 64.8 cm³/mol. The van der Waals surface area contributed by atoms with Crippen molar-refractivity contribution in [3.8, 4) is 0 Å². The normalized spacial score (nSPS) is 17.3. The van der Waals surface area contributed by atoms with Gasteiger partial charge in [-0.15, -0.1) is 0 Å². The fourth-order valence-corrected chi connectivity index (χ4v) is 2.06. The highest BCUT2D eigenvalue weighted by Gasteiger charge is 2.30. The number of amides is 2. The molecule has 0 spiro atoms. The summed E-state index contributed by atoms with van der Waals surface area (Å²) in [6, 6.07) is 4.32. The summed E-state index contributed by atoms with van der Waals surface area (Å²) in [7, 11) is 0. The second kappa shape index (κ2) is 4.76. The van der Waals surface area contributed by atoms with Crippen molar-refractivity contribution in [2.75, 3.05) is 5.73 Å². The molecule has 1 fully saturated rings. The Morgan fingerprint density at radius 3 is 2.50 bits per heavy atom. The number of benzene rings is 1. The molecule has 0 saturated carbocycles. The van der Waals surface area contributed by atoms with Crippen molar-refractivity contribution >= 4 is 17.5 Å². The van der Waals surface area contributed by atoms with Crippen molar-refractivity contribution in [3.05, 3.63) is 29.6 Å². The van der Waals surface area contributed by atoms with Gasteiger partial charge in [0.05, 0.1) is 12.2 Å². The molecule has 0 aliphatic carbocycles. The summed E-state index contributed by atoms with van der Waals surface area (Å²) in [5.74, 6) is -0.839. The summed E-state index contributed by atoms with van der Waals surface area (Å²) in [5.41, 5.74) is 6.00. The number of anilines is 1. The van der Waals surface area contributed by atoms with Crippen LogP contribution in [0.2, 0.25) is 0 Å². The van der Waals surface area contributed by atoms with Gasteiger partial charge in [0.1, 0.15) is 5.82 Å². The van der Waals surface area contributed by atoms with E-state index in [1.54, 1.807) is 6.07 Å². The molecule has 1 aromatic rings. The number of piperidine rings is 1. The molecule has 4 nitrogen and oxygen atoms in total. The van der Waals surface area contributed by atoms with Crippen molar-refractivity contribution in [2.24, 2.45) is 5.92 Å². The lowest BCUT2D eigenvalue weighted by molar-refractivity contribution is -0.150. The Morgan fingerprint density at radius 2 is 1.94 bits per heavy atom. The number of halogens is 1. The Morgan fingerprint density at radius 1 is 1.33 bits per heavy atom. The number of nitrogens with two attached hydrogens (primary N) is 1. The molecule has 1 saturated heterocycles. The van der Waals surface area contributed by atoms with Gasteiger partial charge in [0.25, 0.3) is 0 Å². The Bertz CT molecular complexity index is 484. The van der Waals surface area contributed by atoms with Gasteiger partial charge in [-0.25, -0.2) is 4.39 Å². The highest BCUT2D eigenvalue weighted by atomic mass is 19.1. The number of carbonyl (C=O) groups excluding carboxylic acids is 2. The van der Waals surface area contributed by atoms with Crippen LogP contribution < -0.4 is 5.73 Å². The van der Waals surface area contributed by atoms with Crippen LogP contribution in [0.3, 0.4) is 0 Å². The van der Waals surface area contributed by atoms with Crippen LogP contribution in [0, 0.1) is 11.7 Å². The Balaban J connectivity index is 2.15. The van der Waals surface area contributed by atoms with Gasteiger partial charge < -0.3 is 5.73 Å². The topological polar surface area (TPSA) is 63.4 Å². The minimum Gasteiger partial charge on any atom is -0.396 e. The van der Waals surface area contributed by atoms with Gasteiger partial charge in [-0.3, -0.25) is 14.5 Å². The van der Waals surface area contributed by atoms with Gasteiger partial charge in [0.2, 0.25) is 11.8 Å². The van der Waals surface area contributed by atoms with Gasteiger partial charge in [0.15, 0.2) is 0 Å². The summed E-state index contributed by atoms with van der Waals surface area (Å²) >= 11 is 0. The van der Waals surface area contributed by atoms with Gasteiger partial charge >= 0.3 is 0 Å². The predicted octanol–water partition coefficient (Wildman–Crippen LogP) is 1.69. The van der Waals surface area contributed by atoms with E-state index in [1.807, 2.05) is 6.92 Å². The first-order chi connectivity index (χ1) is 8.47. The number of rotatable bonds is 2. The Hall–Kier alpha value is -1.91. The minimum absolute atomic E-state index is 0.0590. The lowest BCUT2D eigenvalue weighted by atomic mass is 9.97. The highest BCUT2D eigenvalue weighted by Crippen LogP contribution is 2.21. The first-order valence-electron chi connectivity index (χ1n) is 5.84. The molecule has 1 aliphatic heterocycles. The largest absolute Gasteiger partial charge is 0.396 e. The second-order valence-corrected chi connectivity index (χ2v) is 4.74. The first kappa shape index (κ1) is 12.5. The fourth-order valence-electron chi connectivity index (χ4n) is 2.06. The van der Waals surface area contributed by atoms with Gasteiger partial charge in [-0.1, -0.05) is 13.0 Å². The van der Waals surface area contributed by atoms with Gasteiger partial charge in [-0.2, -0.15) is 0 Å². The van der Waals surface area contributed by atoms with Crippen LogP contribution in [-0.2, 0) is 16.1 Å². The van der Waals surface area contributed by atoms with E-state index in [4.69, 9.17) is 5.73 Å². The van der Waals surface area contributed by atoms with Crippen molar-refractivity contribution < 1.29 is 14.0 Å². The maximum Gasteiger partial charge on any atom is 0.229 e. The van der Waals surface area contributed by atoms with E-state index >= 15 is 0 Å². The number of carbonyl (C=O) groups is 2. The molecule has 1 heterocycles. The summed E-state index contributed by atoms with van der Waals surface area (Å²) in [4.78, 5) is 24.7. The van der Waals surface area contributed by atoms with Crippen LogP contribution in [0.4, 0.5) is 10.1 Å². The molecule has 2 N–H and O–H groups in total. The minimum atomic E-state index is -0.530. The molecule has 2 rings (SSSR count).